The van der Waals surface area contributed by atoms with Crippen molar-refractivity contribution in [2.45, 2.75) is 33.1 Å². The standard InChI is InChI=1S/C12H19N3O3S/c1-3-18-11(17)10-8(2)19-12(15-10)14-7-5-4-6-9(13)16/h3-7H2,1-2H3,(H2,13,16)(H,14,15). The topological polar surface area (TPSA) is 94.3 Å². The number of nitrogens with zero attached hydrogens (tertiary/aromatic N) is 1. The van der Waals surface area contributed by atoms with Gasteiger partial charge in [0, 0.05) is 17.8 Å². The summed E-state index contributed by atoms with van der Waals surface area (Å²) in [6, 6.07) is 0. The molecule has 0 saturated heterocycles. The van der Waals surface area contributed by atoms with Crippen LogP contribution < -0.4 is 11.1 Å². The third kappa shape index (κ3) is 5.25. The highest BCUT2D eigenvalue weighted by molar-refractivity contribution is 7.15. The molecule has 0 aromatic carbocycles. The molecule has 19 heavy (non-hydrogen) atoms. The highest BCUT2D eigenvalue weighted by atomic mass is 32.1. The number of primary amides is 1. The summed E-state index contributed by atoms with van der Waals surface area (Å²) in [5.74, 6) is -0.673. The van der Waals surface area contributed by atoms with Crippen LogP contribution in [0.2, 0.25) is 0 Å². The van der Waals surface area contributed by atoms with Gasteiger partial charge in [-0.3, -0.25) is 4.79 Å². The van der Waals surface area contributed by atoms with Crippen molar-refractivity contribution in [2.75, 3.05) is 18.5 Å². The first kappa shape index (κ1) is 15.4. The van der Waals surface area contributed by atoms with E-state index in [0.29, 0.717) is 30.4 Å². The van der Waals surface area contributed by atoms with Crippen molar-refractivity contribution in [3.63, 3.8) is 0 Å². The van der Waals surface area contributed by atoms with Gasteiger partial charge in [0.2, 0.25) is 5.91 Å². The van der Waals surface area contributed by atoms with Crippen molar-refractivity contribution in [3.8, 4) is 0 Å². The number of hydrogen-bond acceptors (Lipinski definition) is 6. The van der Waals surface area contributed by atoms with Gasteiger partial charge in [-0.1, -0.05) is 0 Å². The summed E-state index contributed by atoms with van der Waals surface area (Å²) in [5.41, 5.74) is 5.42. The van der Waals surface area contributed by atoms with E-state index in [1.807, 2.05) is 6.92 Å². The smallest absolute Gasteiger partial charge is 0.358 e. The van der Waals surface area contributed by atoms with Crippen molar-refractivity contribution in [1.29, 1.82) is 0 Å². The predicted octanol–water partition coefficient (Wildman–Crippen LogP) is 1.70. The lowest BCUT2D eigenvalue weighted by Gasteiger charge is -2.01. The maximum Gasteiger partial charge on any atom is 0.358 e. The van der Waals surface area contributed by atoms with E-state index in [2.05, 4.69) is 10.3 Å². The number of thiazole rings is 1. The molecular weight excluding hydrogens is 266 g/mol. The van der Waals surface area contributed by atoms with E-state index < -0.39 is 5.97 Å². The number of amides is 1. The lowest BCUT2D eigenvalue weighted by molar-refractivity contribution is -0.118. The zero-order valence-electron chi connectivity index (χ0n) is 11.2. The normalized spacial score (nSPS) is 10.2. The number of ether oxygens (including phenoxy) is 1. The minimum Gasteiger partial charge on any atom is -0.461 e. The molecule has 0 bridgehead atoms. The summed E-state index contributed by atoms with van der Waals surface area (Å²) in [6.45, 7) is 4.63. The van der Waals surface area contributed by atoms with Gasteiger partial charge in [0.05, 0.1) is 6.61 Å². The van der Waals surface area contributed by atoms with E-state index in [9.17, 15) is 9.59 Å². The van der Waals surface area contributed by atoms with Gasteiger partial charge in [-0.25, -0.2) is 9.78 Å². The second kappa shape index (κ2) is 7.73. The molecule has 7 heteroatoms. The Morgan fingerprint density at radius 3 is 2.79 bits per heavy atom. The summed E-state index contributed by atoms with van der Waals surface area (Å²) < 4.78 is 4.92. The average molecular weight is 285 g/mol. The van der Waals surface area contributed by atoms with E-state index in [0.717, 1.165) is 17.7 Å². The van der Waals surface area contributed by atoms with Crippen LogP contribution in [0.15, 0.2) is 0 Å². The van der Waals surface area contributed by atoms with E-state index in [1.165, 1.54) is 11.3 Å². The first-order chi connectivity index (χ1) is 9.04. The van der Waals surface area contributed by atoms with Crippen LogP contribution in [0.1, 0.15) is 41.6 Å². The van der Waals surface area contributed by atoms with E-state index >= 15 is 0 Å². The molecule has 1 heterocycles. The summed E-state index contributed by atoms with van der Waals surface area (Å²) in [5, 5.41) is 3.82. The molecule has 0 aliphatic rings. The lowest BCUT2D eigenvalue weighted by atomic mass is 10.2. The van der Waals surface area contributed by atoms with Crippen LogP contribution in [0.25, 0.3) is 0 Å². The molecule has 106 valence electrons. The summed E-state index contributed by atoms with van der Waals surface area (Å²) in [4.78, 5) is 27.2. The zero-order valence-corrected chi connectivity index (χ0v) is 12.0. The molecule has 1 rings (SSSR count). The van der Waals surface area contributed by atoms with Crippen LogP contribution in [0, 0.1) is 6.92 Å². The fourth-order valence-corrected chi connectivity index (χ4v) is 2.31. The zero-order chi connectivity index (χ0) is 14.3. The number of esters is 1. The second-order valence-corrected chi connectivity index (χ2v) is 5.20. The second-order valence-electron chi connectivity index (χ2n) is 3.99. The number of carbonyl (C=O) groups is 2. The quantitative estimate of drug-likeness (QED) is 0.560. The molecule has 1 amide bonds. The van der Waals surface area contributed by atoms with Gasteiger partial charge in [-0.05, 0) is 26.7 Å². The van der Waals surface area contributed by atoms with Crippen LogP contribution in [0.3, 0.4) is 0 Å². The van der Waals surface area contributed by atoms with E-state index in [-0.39, 0.29) is 5.91 Å². The summed E-state index contributed by atoms with van der Waals surface area (Å²) >= 11 is 1.42. The van der Waals surface area contributed by atoms with Gasteiger partial charge in [-0.2, -0.15) is 0 Å². The highest BCUT2D eigenvalue weighted by Crippen LogP contribution is 2.22. The number of hydrogen-bond donors (Lipinski definition) is 2. The Bertz CT molecular complexity index is 445. The Balaban J connectivity index is 2.41. The minimum atomic E-state index is -0.391. The molecule has 3 N–H and O–H groups in total. The van der Waals surface area contributed by atoms with Gasteiger partial charge in [0.1, 0.15) is 0 Å². The number of nitrogens with one attached hydrogen (secondary N) is 1. The van der Waals surface area contributed by atoms with Crippen molar-refractivity contribution in [3.05, 3.63) is 10.6 Å². The third-order valence-electron chi connectivity index (χ3n) is 2.39. The molecule has 1 aromatic rings. The molecule has 0 aliphatic carbocycles. The number of aromatic nitrogens is 1. The van der Waals surface area contributed by atoms with E-state index in [1.54, 1.807) is 6.92 Å². The SMILES string of the molecule is CCOC(=O)c1nc(NCCCCC(N)=O)sc1C. The van der Waals surface area contributed by atoms with Crippen LogP contribution >= 0.6 is 11.3 Å². The van der Waals surface area contributed by atoms with Crippen molar-refractivity contribution in [2.24, 2.45) is 5.73 Å². The third-order valence-corrected chi connectivity index (χ3v) is 3.32. The summed E-state index contributed by atoms with van der Waals surface area (Å²) in [7, 11) is 0. The Morgan fingerprint density at radius 1 is 1.42 bits per heavy atom. The van der Waals surface area contributed by atoms with Crippen LogP contribution in [-0.2, 0) is 9.53 Å². The minimum absolute atomic E-state index is 0.283. The Labute approximate surface area is 116 Å². The van der Waals surface area contributed by atoms with Gasteiger partial charge >= 0.3 is 5.97 Å². The van der Waals surface area contributed by atoms with Crippen molar-refractivity contribution in [1.82, 2.24) is 4.98 Å². The molecule has 0 spiro atoms. The maximum absolute atomic E-state index is 11.6. The van der Waals surface area contributed by atoms with Gasteiger partial charge in [0.15, 0.2) is 10.8 Å². The van der Waals surface area contributed by atoms with Gasteiger partial charge in [0.25, 0.3) is 0 Å². The predicted molar refractivity (Wildman–Crippen MR) is 74.3 cm³/mol. The van der Waals surface area contributed by atoms with Crippen LogP contribution in [-0.4, -0.2) is 30.0 Å². The number of aryl methyl sites for hydroxylation is 1. The fourth-order valence-electron chi connectivity index (χ4n) is 1.48. The molecule has 0 saturated carbocycles. The fraction of sp³-hybridized carbons (Fsp3) is 0.583. The highest BCUT2D eigenvalue weighted by Gasteiger charge is 2.15. The Morgan fingerprint density at radius 2 is 2.16 bits per heavy atom. The lowest BCUT2D eigenvalue weighted by Crippen LogP contribution is -2.11. The molecular formula is C12H19N3O3S. The van der Waals surface area contributed by atoms with Crippen LogP contribution in [0.4, 0.5) is 5.13 Å². The van der Waals surface area contributed by atoms with Gasteiger partial charge in [-0.15, -0.1) is 11.3 Å². The first-order valence-corrected chi connectivity index (χ1v) is 7.03. The van der Waals surface area contributed by atoms with Crippen molar-refractivity contribution < 1.29 is 14.3 Å². The Hall–Kier alpha value is -1.63. The number of rotatable bonds is 8. The molecule has 0 unspecified atom stereocenters. The number of carbonyl (C=O) groups excluding carboxylic acids is 2. The van der Waals surface area contributed by atoms with E-state index in [4.69, 9.17) is 10.5 Å². The molecule has 6 nitrogen and oxygen atoms in total. The molecule has 0 aliphatic heterocycles. The average Bonchev–Trinajstić information content (AvgIpc) is 2.70. The molecule has 0 fully saturated rings. The van der Waals surface area contributed by atoms with Crippen LogP contribution in [0.5, 0.6) is 0 Å². The number of nitrogens with two attached hydrogens (primary N) is 1. The Kier molecular flexibility index (Phi) is 6.27. The first-order valence-electron chi connectivity index (χ1n) is 6.21. The summed E-state index contributed by atoms with van der Waals surface area (Å²) in [6.07, 6.45) is 1.97. The molecule has 0 radical (unpaired) electrons. The maximum atomic E-state index is 11.6. The molecule has 0 atom stereocenters. The van der Waals surface area contributed by atoms with Crippen molar-refractivity contribution >= 4 is 28.3 Å². The largest absolute Gasteiger partial charge is 0.461 e. The van der Waals surface area contributed by atoms with Gasteiger partial charge < -0.3 is 15.8 Å². The molecule has 1 aromatic heterocycles. The monoisotopic (exact) mass is 285 g/mol. The number of anilines is 1. The number of unbranched alkanes of at least 4 members (excludes halogenated alkanes) is 1.